The maximum atomic E-state index is 12.9. The van der Waals surface area contributed by atoms with Gasteiger partial charge in [0.1, 0.15) is 35.6 Å². The first kappa shape index (κ1) is 33.6. The van der Waals surface area contributed by atoms with Crippen molar-refractivity contribution in [3.05, 3.63) is 30.1 Å². The quantitative estimate of drug-likeness (QED) is 0.328. The second-order valence-electron chi connectivity index (χ2n) is 11.6. The Balaban J connectivity index is 1.58. The minimum atomic E-state index is -4.60. The molecule has 0 aliphatic carbocycles. The van der Waals surface area contributed by atoms with Crippen LogP contribution in [0.3, 0.4) is 0 Å². The van der Waals surface area contributed by atoms with Crippen LogP contribution in [-0.4, -0.2) is 86.4 Å². The summed E-state index contributed by atoms with van der Waals surface area (Å²) in [4.78, 5) is 41.3. The third-order valence-electron chi connectivity index (χ3n) is 6.54. The molecule has 0 aromatic carbocycles. The van der Waals surface area contributed by atoms with Crippen molar-refractivity contribution in [3.8, 4) is 0 Å². The smallest absolute Gasteiger partial charge is 0.408 e. The van der Waals surface area contributed by atoms with E-state index >= 15 is 0 Å². The van der Waals surface area contributed by atoms with Crippen LogP contribution in [0.2, 0.25) is 0 Å². The van der Waals surface area contributed by atoms with Crippen LogP contribution in [0.25, 0.3) is 0 Å². The Bertz CT molecular complexity index is 1200. The van der Waals surface area contributed by atoms with Gasteiger partial charge in [-0.1, -0.05) is 26.3 Å². The summed E-state index contributed by atoms with van der Waals surface area (Å²) in [6.45, 7) is 11.4. The van der Waals surface area contributed by atoms with Gasteiger partial charge in [0.15, 0.2) is 5.79 Å². The number of hydrogen-bond donors (Lipinski definition) is 2. The van der Waals surface area contributed by atoms with E-state index in [1.54, 1.807) is 60.6 Å². The predicted molar refractivity (Wildman–Crippen MR) is 147 cm³/mol. The number of nitrogens with one attached hydrogen (secondary N) is 2. The minimum Gasteiger partial charge on any atom is -0.461 e. The molecule has 6 unspecified atom stereocenters. The van der Waals surface area contributed by atoms with Gasteiger partial charge in [0.05, 0.1) is 19.3 Å². The van der Waals surface area contributed by atoms with Crippen LogP contribution >= 0.6 is 0 Å². The summed E-state index contributed by atoms with van der Waals surface area (Å²) in [5.74, 6) is -2.95. The van der Waals surface area contributed by atoms with Gasteiger partial charge in [-0.25, -0.2) is 19.3 Å². The number of ether oxygens (including phenoxy) is 5. The zero-order valence-electron chi connectivity index (χ0n) is 24.9. The highest BCUT2D eigenvalue weighted by atomic mass is 32.2. The summed E-state index contributed by atoms with van der Waals surface area (Å²) >= 11 is 0. The Labute approximate surface area is 246 Å². The molecule has 2 aliphatic heterocycles. The van der Waals surface area contributed by atoms with Gasteiger partial charge in [0.2, 0.25) is 0 Å². The Hall–Kier alpha value is -2.85. The SMILES string of the molecule is CCC(C)C(NC(=O)OC(C)(C)C)C(=O)NS(=O)(=O)OCC1OC(CCOC(=O)c2ccccn2)C2OC(C)(C)OC12. The van der Waals surface area contributed by atoms with E-state index in [1.807, 2.05) is 4.72 Å². The molecule has 1 aromatic heterocycles. The number of carbonyl (C=O) groups is 3. The van der Waals surface area contributed by atoms with Crippen LogP contribution in [0, 0.1) is 5.92 Å². The van der Waals surface area contributed by atoms with E-state index in [0.29, 0.717) is 6.42 Å². The lowest BCUT2D eigenvalue weighted by atomic mass is 9.99. The normalized spacial score (nSPS) is 24.7. The minimum absolute atomic E-state index is 0.00331. The number of fused-ring (bicyclic) bond motifs is 1. The molecule has 2 N–H and O–H groups in total. The average Bonchev–Trinajstić information content (AvgIpc) is 3.37. The largest absolute Gasteiger partial charge is 0.461 e. The number of carbonyl (C=O) groups excluding carboxylic acids is 3. The first-order valence-electron chi connectivity index (χ1n) is 13.8. The van der Waals surface area contributed by atoms with E-state index in [-0.39, 0.29) is 18.7 Å². The Morgan fingerprint density at radius 2 is 1.79 bits per heavy atom. The first-order valence-corrected chi connectivity index (χ1v) is 15.2. The zero-order chi connectivity index (χ0) is 31.3. The summed E-state index contributed by atoms with van der Waals surface area (Å²) in [5.41, 5.74) is -0.645. The molecule has 0 radical (unpaired) electrons. The van der Waals surface area contributed by atoms with Crippen molar-refractivity contribution in [2.24, 2.45) is 5.92 Å². The van der Waals surface area contributed by atoms with Crippen LogP contribution in [0.15, 0.2) is 24.4 Å². The molecule has 3 rings (SSSR count). The highest BCUT2D eigenvalue weighted by Gasteiger charge is 2.55. The standard InChI is InChI=1S/C27H41N3O11S/c1-8-16(2)20(29-25(33)41-26(3,4)5)23(31)30-42(34,35)37-15-19-22-21(39-27(6,7)40-22)18(38-19)12-14-36-24(32)17-11-9-10-13-28-17/h9-11,13,16,18-22H,8,12,14-15H2,1-7H3,(H,29,33)(H,30,31). The summed E-state index contributed by atoms with van der Waals surface area (Å²) in [6.07, 6.45) is -1.38. The molecule has 2 aliphatic rings. The van der Waals surface area contributed by atoms with E-state index < -0.39 is 82.6 Å². The molecule has 42 heavy (non-hydrogen) atoms. The second-order valence-corrected chi connectivity index (χ2v) is 13.0. The van der Waals surface area contributed by atoms with Crippen molar-refractivity contribution in [3.63, 3.8) is 0 Å². The number of rotatable bonds is 12. The Morgan fingerprint density at radius 3 is 2.38 bits per heavy atom. The Kier molecular flexibility index (Phi) is 10.9. The van der Waals surface area contributed by atoms with Crippen LogP contribution in [0.5, 0.6) is 0 Å². The second kappa shape index (κ2) is 13.6. The summed E-state index contributed by atoms with van der Waals surface area (Å²) in [5, 5.41) is 2.43. The lowest BCUT2D eigenvalue weighted by Gasteiger charge is -2.26. The summed E-state index contributed by atoms with van der Waals surface area (Å²) in [6, 6.07) is 3.69. The maximum Gasteiger partial charge on any atom is 0.408 e. The third-order valence-corrected chi connectivity index (χ3v) is 7.43. The molecule has 236 valence electrons. The van der Waals surface area contributed by atoms with Crippen LogP contribution in [0.1, 0.15) is 71.8 Å². The van der Waals surface area contributed by atoms with Gasteiger partial charge in [-0.15, -0.1) is 0 Å². The monoisotopic (exact) mass is 615 g/mol. The van der Waals surface area contributed by atoms with Crippen LogP contribution in [-0.2, 0) is 43.0 Å². The molecule has 2 saturated heterocycles. The van der Waals surface area contributed by atoms with Crippen molar-refractivity contribution >= 4 is 28.3 Å². The number of hydrogen-bond acceptors (Lipinski definition) is 12. The highest BCUT2D eigenvalue weighted by Crippen LogP contribution is 2.40. The fourth-order valence-electron chi connectivity index (χ4n) is 4.47. The number of aromatic nitrogens is 1. The molecule has 15 heteroatoms. The molecule has 2 fully saturated rings. The summed E-state index contributed by atoms with van der Waals surface area (Å²) in [7, 11) is -4.60. The van der Waals surface area contributed by atoms with E-state index in [4.69, 9.17) is 27.9 Å². The van der Waals surface area contributed by atoms with Gasteiger partial charge < -0.3 is 29.0 Å². The predicted octanol–water partition coefficient (Wildman–Crippen LogP) is 2.23. The van der Waals surface area contributed by atoms with E-state index in [9.17, 15) is 22.8 Å². The van der Waals surface area contributed by atoms with E-state index in [0.717, 1.165) is 0 Å². The molecule has 2 amide bonds. The van der Waals surface area contributed by atoms with Crippen LogP contribution < -0.4 is 10.0 Å². The van der Waals surface area contributed by atoms with Gasteiger partial charge in [-0.05, 0) is 52.7 Å². The highest BCUT2D eigenvalue weighted by molar-refractivity contribution is 7.85. The third kappa shape index (κ3) is 9.59. The van der Waals surface area contributed by atoms with Crippen molar-refractivity contribution < 1.29 is 50.7 Å². The fourth-order valence-corrected chi connectivity index (χ4v) is 5.22. The lowest BCUT2D eigenvalue weighted by Crippen LogP contribution is -2.52. The van der Waals surface area contributed by atoms with Gasteiger partial charge >= 0.3 is 22.4 Å². The van der Waals surface area contributed by atoms with Crippen molar-refractivity contribution in [2.75, 3.05) is 13.2 Å². The zero-order valence-corrected chi connectivity index (χ0v) is 25.8. The molecule has 0 spiro atoms. The maximum absolute atomic E-state index is 12.9. The van der Waals surface area contributed by atoms with Crippen molar-refractivity contribution in [2.45, 2.75) is 103 Å². The van der Waals surface area contributed by atoms with E-state index in [1.165, 1.54) is 12.3 Å². The van der Waals surface area contributed by atoms with Crippen LogP contribution in [0.4, 0.5) is 4.79 Å². The summed E-state index contributed by atoms with van der Waals surface area (Å²) < 4.78 is 60.8. The van der Waals surface area contributed by atoms with Crippen molar-refractivity contribution in [1.29, 1.82) is 0 Å². The van der Waals surface area contributed by atoms with Gasteiger partial charge in [-0.3, -0.25) is 8.98 Å². The first-order chi connectivity index (χ1) is 19.5. The number of alkyl carbamates (subject to hydrolysis) is 1. The molecular weight excluding hydrogens is 574 g/mol. The molecule has 0 bridgehead atoms. The Morgan fingerprint density at radius 1 is 1.12 bits per heavy atom. The van der Waals surface area contributed by atoms with Gasteiger partial charge in [0.25, 0.3) is 5.91 Å². The van der Waals surface area contributed by atoms with E-state index in [2.05, 4.69) is 10.3 Å². The molecular formula is C27H41N3O11S. The molecule has 6 atom stereocenters. The average molecular weight is 616 g/mol. The number of nitrogens with zero attached hydrogens (tertiary/aromatic N) is 1. The number of esters is 1. The number of pyridine rings is 1. The topological polar surface area (TPSA) is 178 Å². The van der Waals surface area contributed by atoms with Crippen molar-refractivity contribution in [1.82, 2.24) is 15.0 Å². The molecule has 3 heterocycles. The van der Waals surface area contributed by atoms with Gasteiger partial charge in [0, 0.05) is 12.6 Å². The fraction of sp³-hybridized carbons (Fsp3) is 0.704. The van der Waals surface area contributed by atoms with Gasteiger partial charge in [-0.2, -0.15) is 8.42 Å². The molecule has 14 nitrogen and oxygen atoms in total. The number of amides is 2. The molecule has 1 aromatic rings. The lowest BCUT2D eigenvalue weighted by molar-refractivity contribution is -0.190. The molecule has 0 saturated carbocycles.